The highest BCUT2D eigenvalue weighted by molar-refractivity contribution is 6.35. The molecule has 1 N–H and O–H groups in total. The van der Waals surface area contributed by atoms with E-state index in [0.29, 0.717) is 41.7 Å². The van der Waals surface area contributed by atoms with E-state index in [-0.39, 0.29) is 24.3 Å². The molecule has 1 aromatic carbocycles. The first-order chi connectivity index (χ1) is 10.5. The molecule has 0 unspecified atom stereocenters. The van der Waals surface area contributed by atoms with E-state index >= 15 is 0 Å². The van der Waals surface area contributed by atoms with Crippen molar-refractivity contribution in [2.75, 3.05) is 32.1 Å². The molecule has 0 saturated carbocycles. The maximum Gasteiger partial charge on any atom is 0.308 e. The lowest BCUT2D eigenvalue weighted by Gasteiger charge is -2.29. The van der Waals surface area contributed by atoms with Crippen molar-refractivity contribution in [1.82, 2.24) is 4.90 Å². The van der Waals surface area contributed by atoms with Gasteiger partial charge < -0.3 is 10.1 Å². The van der Waals surface area contributed by atoms with Crippen molar-refractivity contribution < 1.29 is 14.3 Å². The molecule has 22 heavy (non-hydrogen) atoms. The van der Waals surface area contributed by atoms with E-state index in [4.69, 9.17) is 27.9 Å². The summed E-state index contributed by atoms with van der Waals surface area (Å²) in [6, 6.07) is 4.90. The van der Waals surface area contributed by atoms with Gasteiger partial charge in [-0.1, -0.05) is 23.2 Å². The first kappa shape index (κ1) is 17.1. The highest BCUT2D eigenvalue weighted by Crippen LogP contribution is 2.23. The van der Waals surface area contributed by atoms with Crippen molar-refractivity contribution in [3.63, 3.8) is 0 Å². The van der Waals surface area contributed by atoms with Gasteiger partial charge in [-0.25, -0.2) is 0 Å². The van der Waals surface area contributed by atoms with Crippen LogP contribution in [0.3, 0.4) is 0 Å². The summed E-state index contributed by atoms with van der Waals surface area (Å²) in [5.74, 6) is -0.358. The lowest BCUT2D eigenvalue weighted by Crippen LogP contribution is -2.41. The minimum atomic E-state index is -0.169. The molecule has 0 aromatic heterocycles. The molecule has 5 nitrogen and oxygen atoms in total. The average Bonchev–Trinajstić information content (AvgIpc) is 2.46. The molecule has 1 saturated heterocycles. The predicted octanol–water partition coefficient (Wildman–Crippen LogP) is 2.82. The Morgan fingerprint density at radius 2 is 1.82 bits per heavy atom. The van der Waals surface area contributed by atoms with Crippen LogP contribution in [-0.2, 0) is 14.3 Å². The normalized spacial score (nSPS) is 16.3. The number of piperidine rings is 1. The zero-order chi connectivity index (χ0) is 16.1. The van der Waals surface area contributed by atoms with Crippen LogP contribution in [0, 0.1) is 5.92 Å². The molecule has 120 valence electrons. The Morgan fingerprint density at radius 1 is 1.23 bits per heavy atom. The first-order valence-electron chi connectivity index (χ1n) is 7.04. The van der Waals surface area contributed by atoms with E-state index in [1.54, 1.807) is 18.2 Å². The van der Waals surface area contributed by atoms with Crippen molar-refractivity contribution in [1.29, 1.82) is 0 Å². The van der Waals surface area contributed by atoms with Gasteiger partial charge in [0.25, 0.3) is 0 Å². The van der Waals surface area contributed by atoms with E-state index in [0.717, 1.165) is 0 Å². The second-order valence-corrected chi connectivity index (χ2v) is 6.15. The molecule has 1 fully saturated rings. The number of rotatable bonds is 4. The van der Waals surface area contributed by atoms with Gasteiger partial charge in [0.2, 0.25) is 5.91 Å². The molecular weight excluding hydrogens is 327 g/mol. The Bertz CT molecular complexity index is 537. The van der Waals surface area contributed by atoms with E-state index in [9.17, 15) is 9.59 Å². The van der Waals surface area contributed by atoms with Gasteiger partial charge in [0.15, 0.2) is 0 Å². The number of benzene rings is 1. The van der Waals surface area contributed by atoms with Crippen molar-refractivity contribution in [2.45, 2.75) is 12.8 Å². The van der Waals surface area contributed by atoms with Crippen LogP contribution < -0.4 is 5.32 Å². The lowest BCUT2D eigenvalue weighted by molar-refractivity contribution is -0.147. The van der Waals surface area contributed by atoms with Crippen LogP contribution >= 0.6 is 23.2 Å². The van der Waals surface area contributed by atoms with E-state index in [1.807, 2.05) is 4.90 Å². The Morgan fingerprint density at radius 3 is 2.36 bits per heavy atom. The summed E-state index contributed by atoms with van der Waals surface area (Å²) in [7, 11) is 1.40. The topological polar surface area (TPSA) is 58.6 Å². The second kappa shape index (κ2) is 7.81. The Labute approximate surface area is 139 Å². The van der Waals surface area contributed by atoms with Crippen LogP contribution in [0.5, 0.6) is 0 Å². The minimum Gasteiger partial charge on any atom is -0.469 e. The summed E-state index contributed by atoms with van der Waals surface area (Å²) in [6.07, 6.45) is 1.42. The fraction of sp³-hybridized carbons (Fsp3) is 0.467. The number of amides is 1. The number of hydrogen-bond acceptors (Lipinski definition) is 4. The van der Waals surface area contributed by atoms with Gasteiger partial charge in [-0.2, -0.15) is 0 Å². The SMILES string of the molecule is COC(=O)C1CCN(CC(=O)Nc2cc(Cl)cc(Cl)c2)CC1. The molecule has 1 aliphatic heterocycles. The van der Waals surface area contributed by atoms with Gasteiger partial charge >= 0.3 is 5.97 Å². The number of likely N-dealkylation sites (tertiary alicyclic amines) is 1. The Balaban J connectivity index is 1.82. The number of nitrogens with zero attached hydrogens (tertiary/aromatic N) is 1. The third-order valence-corrected chi connectivity index (χ3v) is 4.07. The first-order valence-corrected chi connectivity index (χ1v) is 7.79. The van der Waals surface area contributed by atoms with Gasteiger partial charge in [0, 0.05) is 15.7 Å². The van der Waals surface area contributed by atoms with Crippen LogP contribution in [0.25, 0.3) is 0 Å². The van der Waals surface area contributed by atoms with Crippen LogP contribution in [0.4, 0.5) is 5.69 Å². The smallest absolute Gasteiger partial charge is 0.308 e. The fourth-order valence-electron chi connectivity index (χ4n) is 2.52. The Kier molecular flexibility index (Phi) is 6.06. The number of halogens is 2. The number of nitrogens with one attached hydrogen (secondary N) is 1. The van der Waals surface area contributed by atoms with E-state index in [1.165, 1.54) is 7.11 Å². The molecule has 0 atom stereocenters. The van der Waals surface area contributed by atoms with Crippen LogP contribution in [0.15, 0.2) is 18.2 Å². The highest BCUT2D eigenvalue weighted by atomic mass is 35.5. The van der Waals surface area contributed by atoms with Gasteiger partial charge in [0.1, 0.15) is 0 Å². The van der Waals surface area contributed by atoms with Crippen molar-refractivity contribution in [2.24, 2.45) is 5.92 Å². The molecule has 1 aromatic rings. The van der Waals surface area contributed by atoms with E-state index < -0.39 is 0 Å². The average molecular weight is 345 g/mol. The summed E-state index contributed by atoms with van der Waals surface area (Å²) in [5, 5.41) is 3.72. The molecule has 7 heteroatoms. The largest absolute Gasteiger partial charge is 0.469 e. The summed E-state index contributed by atoms with van der Waals surface area (Å²) < 4.78 is 4.75. The molecule has 2 rings (SSSR count). The number of hydrogen-bond donors (Lipinski definition) is 1. The van der Waals surface area contributed by atoms with Crippen molar-refractivity contribution in [3.8, 4) is 0 Å². The quantitative estimate of drug-likeness (QED) is 0.853. The molecular formula is C15H18Cl2N2O3. The predicted molar refractivity (Wildman–Crippen MR) is 86.3 cm³/mol. The van der Waals surface area contributed by atoms with Crippen LogP contribution in [0.2, 0.25) is 10.0 Å². The summed E-state index contributed by atoms with van der Waals surface area (Å²) in [4.78, 5) is 25.5. The van der Waals surface area contributed by atoms with Gasteiger partial charge in [-0.05, 0) is 44.1 Å². The number of carbonyl (C=O) groups excluding carboxylic acids is 2. The van der Waals surface area contributed by atoms with Crippen molar-refractivity contribution in [3.05, 3.63) is 28.2 Å². The van der Waals surface area contributed by atoms with Crippen LogP contribution in [-0.4, -0.2) is 43.5 Å². The van der Waals surface area contributed by atoms with Gasteiger partial charge in [-0.3, -0.25) is 14.5 Å². The summed E-state index contributed by atoms with van der Waals surface area (Å²) in [5.41, 5.74) is 0.576. The third kappa shape index (κ3) is 4.87. The van der Waals surface area contributed by atoms with Gasteiger partial charge in [-0.15, -0.1) is 0 Å². The lowest BCUT2D eigenvalue weighted by atomic mass is 9.97. The van der Waals surface area contributed by atoms with Crippen molar-refractivity contribution >= 4 is 40.8 Å². The molecule has 1 amide bonds. The second-order valence-electron chi connectivity index (χ2n) is 5.28. The minimum absolute atomic E-state index is 0.0592. The zero-order valence-corrected chi connectivity index (χ0v) is 13.8. The molecule has 0 aliphatic carbocycles. The molecule has 0 radical (unpaired) electrons. The van der Waals surface area contributed by atoms with Crippen LogP contribution in [0.1, 0.15) is 12.8 Å². The maximum absolute atomic E-state index is 12.0. The molecule has 1 aliphatic rings. The highest BCUT2D eigenvalue weighted by Gasteiger charge is 2.26. The van der Waals surface area contributed by atoms with Gasteiger partial charge in [0.05, 0.1) is 19.6 Å². The molecule has 0 spiro atoms. The third-order valence-electron chi connectivity index (χ3n) is 3.64. The number of anilines is 1. The number of esters is 1. The monoisotopic (exact) mass is 344 g/mol. The fourth-order valence-corrected chi connectivity index (χ4v) is 3.05. The standard InChI is InChI=1S/C15H18Cl2N2O3/c1-22-15(21)10-2-4-19(5-3-10)9-14(20)18-13-7-11(16)6-12(17)8-13/h6-8,10H,2-5,9H2,1H3,(H,18,20). The summed E-state index contributed by atoms with van der Waals surface area (Å²) in [6.45, 7) is 1.67. The number of carbonyl (C=O) groups is 2. The molecule has 1 heterocycles. The number of methoxy groups -OCH3 is 1. The molecule has 0 bridgehead atoms. The zero-order valence-electron chi connectivity index (χ0n) is 12.3. The summed E-state index contributed by atoms with van der Waals surface area (Å²) >= 11 is 11.8. The maximum atomic E-state index is 12.0. The number of ether oxygens (including phenoxy) is 1. The Hall–Kier alpha value is -1.30. The van der Waals surface area contributed by atoms with E-state index in [2.05, 4.69) is 5.32 Å².